The van der Waals surface area contributed by atoms with E-state index in [1.807, 2.05) is 0 Å². The molecule has 11 nitrogen and oxygen atoms in total. The Balaban J connectivity index is 4.49. The zero-order valence-electron chi connectivity index (χ0n) is 34.2. The minimum absolute atomic E-state index is 0.124. The summed E-state index contributed by atoms with van der Waals surface area (Å²) in [4.78, 5) is 45.9. The molecule has 0 saturated carbocycles. The molecule has 0 rings (SSSR count). The van der Waals surface area contributed by atoms with Crippen LogP contribution in [0.4, 0.5) is 0 Å². The molecule has 3 atom stereocenters. The van der Waals surface area contributed by atoms with Gasteiger partial charge in [-0.15, -0.1) is 0 Å². The number of esters is 2. The van der Waals surface area contributed by atoms with Crippen molar-refractivity contribution in [1.29, 1.82) is 0 Å². The number of phosphoric acid groups is 1. The number of carboxylic acid groups (broad SMARTS) is 1. The number of allylic oxidation sites excluding steroid dienone is 14. The standard InChI is InChI=1S/C44H72NO10P/c1-3-5-7-9-11-13-15-17-19-20-22-24-26-28-30-32-34-36-43(47)55-40(38-53-56(50,51)54-39-41(45)44(48)49)37-52-42(46)35-33-31-29-27-25-23-21-18-16-14-12-10-8-6-4-2/h5-8,11-14,17-19,21-22,24,40-41H,3-4,9-10,15-16,20,23,25-39,45H2,1-2H3,(H,48,49)(H,50,51)/b7-5-,8-6-,13-11-,14-12-,19-17-,21-18-,24-22-/t40-,41+/m1/s1. The topological polar surface area (TPSA) is 172 Å². The third-order valence-corrected chi connectivity index (χ3v) is 9.09. The van der Waals surface area contributed by atoms with Crippen LogP contribution in [0, 0.1) is 0 Å². The lowest BCUT2D eigenvalue weighted by atomic mass is 10.1. The van der Waals surface area contributed by atoms with Crippen LogP contribution in [0.1, 0.15) is 142 Å². The molecule has 56 heavy (non-hydrogen) atoms. The van der Waals surface area contributed by atoms with E-state index in [-0.39, 0.29) is 19.4 Å². The summed E-state index contributed by atoms with van der Waals surface area (Å²) in [5.41, 5.74) is 5.32. The number of phosphoric ester groups is 1. The molecule has 1 unspecified atom stereocenters. The van der Waals surface area contributed by atoms with Crippen molar-refractivity contribution in [2.24, 2.45) is 5.73 Å². The summed E-state index contributed by atoms with van der Waals surface area (Å²) in [6.45, 7) is 2.51. The fourth-order valence-corrected chi connectivity index (χ4v) is 5.73. The molecule has 0 aliphatic carbocycles. The summed E-state index contributed by atoms with van der Waals surface area (Å²) in [7, 11) is -4.73. The molecule has 0 bridgehead atoms. The molecule has 0 fully saturated rings. The zero-order valence-corrected chi connectivity index (χ0v) is 35.1. The van der Waals surface area contributed by atoms with Gasteiger partial charge in [-0.1, -0.05) is 131 Å². The molecule has 4 N–H and O–H groups in total. The summed E-state index contributed by atoms with van der Waals surface area (Å²) < 4.78 is 32.6. The molecule has 12 heteroatoms. The van der Waals surface area contributed by atoms with Crippen LogP contribution in [0.5, 0.6) is 0 Å². The zero-order chi connectivity index (χ0) is 41.4. The van der Waals surface area contributed by atoms with Crippen molar-refractivity contribution in [3.05, 3.63) is 85.1 Å². The van der Waals surface area contributed by atoms with Gasteiger partial charge in [0.15, 0.2) is 6.10 Å². The van der Waals surface area contributed by atoms with Crippen LogP contribution in [0.15, 0.2) is 85.1 Å². The third-order valence-electron chi connectivity index (χ3n) is 8.14. The molecular weight excluding hydrogens is 733 g/mol. The first-order valence-corrected chi connectivity index (χ1v) is 22.1. The van der Waals surface area contributed by atoms with Gasteiger partial charge in [-0.25, -0.2) is 4.57 Å². The number of hydrogen-bond donors (Lipinski definition) is 3. The summed E-state index contributed by atoms with van der Waals surface area (Å²) in [6.07, 6.45) is 46.5. The van der Waals surface area contributed by atoms with E-state index in [1.54, 1.807) is 0 Å². The highest BCUT2D eigenvalue weighted by molar-refractivity contribution is 7.47. The minimum Gasteiger partial charge on any atom is -0.480 e. The molecule has 0 aromatic carbocycles. The van der Waals surface area contributed by atoms with Crippen molar-refractivity contribution >= 4 is 25.7 Å². The van der Waals surface area contributed by atoms with E-state index in [0.29, 0.717) is 12.8 Å². The Morgan fingerprint density at radius 2 is 0.946 bits per heavy atom. The highest BCUT2D eigenvalue weighted by Crippen LogP contribution is 2.43. The number of carbonyl (C=O) groups excluding carboxylic acids is 2. The molecule has 0 aliphatic heterocycles. The molecule has 0 aromatic heterocycles. The van der Waals surface area contributed by atoms with Gasteiger partial charge in [0.1, 0.15) is 12.6 Å². The Morgan fingerprint density at radius 1 is 0.554 bits per heavy atom. The van der Waals surface area contributed by atoms with Crippen LogP contribution in [0.25, 0.3) is 0 Å². The summed E-state index contributed by atoms with van der Waals surface area (Å²) in [5.74, 6) is -2.45. The molecule has 0 heterocycles. The molecule has 0 saturated heterocycles. The van der Waals surface area contributed by atoms with Crippen molar-refractivity contribution in [3.8, 4) is 0 Å². The Bertz CT molecular complexity index is 1270. The number of aliphatic carboxylic acids is 1. The van der Waals surface area contributed by atoms with Gasteiger partial charge >= 0.3 is 25.7 Å². The number of carbonyl (C=O) groups is 3. The molecule has 0 aliphatic rings. The average molecular weight is 806 g/mol. The van der Waals surface area contributed by atoms with E-state index >= 15 is 0 Å². The fraction of sp³-hybridized carbons (Fsp3) is 0.614. The van der Waals surface area contributed by atoms with Crippen LogP contribution < -0.4 is 5.73 Å². The Kier molecular flexibility index (Phi) is 36.2. The summed E-state index contributed by atoms with van der Waals surface area (Å²) in [6, 6.07) is -1.53. The van der Waals surface area contributed by atoms with Gasteiger partial charge in [0.2, 0.25) is 0 Å². The number of hydrogen-bond acceptors (Lipinski definition) is 9. The first kappa shape index (κ1) is 52.7. The van der Waals surface area contributed by atoms with Crippen molar-refractivity contribution in [1.82, 2.24) is 0 Å². The van der Waals surface area contributed by atoms with E-state index < -0.39 is 51.1 Å². The second-order valence-electron chi connectivity index (χ2n) is 13.4. The first-order chi connectivity index (χ1) is 27.1. The Labute approximate surface area is 337 Å². The predicted octanol–water partition coefficient (Wildman–Crippen LogP) is 10.7. The lowest BCUT2D eigenvalue weighted by Crippen LogP contribution is -2.34. The van der Waals surface area contributed by atoms with E-state index in [0.717, 1.165) is 103 Å². The molecular formula is C44H72NO10P. The van der Waals surface area contributed by atoms with E-state index in [1.165, 1.54) is 0 Å². The number of rotatable bonds is 37. The lowest BCUT2D eigenvalue weighted by molar-refractivity contribution is -0.161. The van der Waals surface area contributed by atoms with Crippen molar-refractivity contribution in [3.63, 3.8) is 0 Å². The smallest absolute Gasteiger partial charge is 0.472 e. The van der Waals surface area contributed by atoms with E-state index in [9.17, 15) is 23.8 Å². The van der Waals surface area contributed by atoms with Crippen molar-refractivity contribution in [2.45, 2.75) is 154 Å². The van der Waals surface area contributed by atoms with Crippen LogP contribution >= 0.6 is 7.82 Å². The maximum atomic E-state index is 12.6. The van der Waals surface area contributed by atoms with Crippen molar-refractivity contribution in [2.75, 3.05) is 19.8 Å². The molecule has 0 aromatic rings. The minimum atomic E-state index is -4.73. The monoisotopic (exact) mass is 805 g/mol. The van der Waals surface area contributed by atoms with Gasteiger partial charge < -0.3 is 25.2 Å². The number of nitrogens with two attached hydrogens (primary N) is 1. The first-order valence-electron chi connectivity index (χ1n) is 20.6. The highest BCUT2D eigenvalue weighted by atomic mass is 31.2. The van der Waals surface area contributed by atoms with E-state index in [4.69, 9.17) is 24.8 Å². The van der Waals surface area contributed by atoms with Gasteiger partial charge in [-0.05, 0) is 83.5 Å². The van der Waals surface area contributed by atoms with Crippen molar-refractivity contribution < 1.29 is 47.5 Å². The lowest BCUT2D eigenvalue weighted by Gasteiger charge is -2.20. The normalized spacial score (nSPS) is 14.6. The molecule has 0 spiro atoms. The Hall–Kier alpha value is -3.34. The quantitative estimate of drug-likeness (QED) is 0.0236. The molecule has 0 amide bonds. The summed E-state index contributed by atoms with van der Waals surface area (Å²) >= 11 is 0. The van der Waals surface area contributed by atoms with Crippen LogP contribution in [-0.2, 0) is 37.5 Å². The average Bonchev–Trinajstić information content (AvgIpc) is 3.17. The van der Waals surface area contributed by atoms with Gasteiger partial charge in [-0.2, -0.15) is 0 Å². The van der Waals surface area contributed by atoms with Gasteiger partial charge in [0.05, 0.1) is 13.2 Å². The Morgan fingerprint density at radius 3 is 1.41 bits per heavy atom. The fourth-order valence-electron chi connectivity index (χ4n) is 4.95. The number of ether oxygens (including phenoxy) is 2. The maximum Gasteiger partial charge on any atom is 0.472 e. The van der Waals surface area contributed by atoms with Crippen LogP contribution in [0.3, 0.4) is 0 Å². The number of unbranched alkanes of at least 4 members (excludes halogenated alkanes) is 9. The second-order valence-corrected chi connectivity index (χ2v) is 14.8. The highest BCUT2D eigenvalue weighted by Gasteiger charge is 2.28. The number of carboxylic acids is 1. The second kappa shape index (κ2) is 38.5. The van der Waals surface area contributed by atoms with E-state index in [2.05, 4.69) is 103 Å². The van der Waals surface area contributed by atoms with Crippen LogP contribution in [0.2, 0.25) is 0 Å². The molecule has 318 valence electrons. The SMILES string of the molecule is CC/C=C\C/C=C\C/C=C\C/C=C\CCCCCCC(=O)O[C@H](COC(=O)CCCCCCC/C=C\C/C=C\C/C=C\CC)COP(=O)(O)OC[C@H](N)C(=O)O. The predicted molar refractivity (Wildman–Crippen MR) is 226 cm³/mol. The summed E-state index contributed by atoms with van der Waals surface area (Å²) in [5, 5.41) is 8.88. The third kappa shape index (κ3) is 37.6. The maximum absolute atomic E-state index is 12.6. The van der Waals surface area contributed by atoms with Gasteiger partial charge in [-0.3, -0.25) is 23.4 Å². The van der Waals surface area contributed by atoms with Gasteiger partial charge in [0, 0.05) is 12.8 Å². The van der Waals surface area contributed by atoms with Gasteiger partial charge in [0.25, 0.3) is 0 Å². The largest absolute Gasteiger partial charge is 0.480 e. The van der Waals surface area contributed by atoms with Crippen LogP contribution in [-0.4, -0.2) is 59.9 Å². The molecule has 0 radical (unpaired) electrons.